The number of carbonyl (C=O) groups excluding carboxylic acids is 2. The summed E-state index contributed by atoms with van der Waals surface area (Å²) in [6.45, 7) is 2.62. The van der Waals surface area contributed by atoms with Gasteiger partial charge >= 0.3 is 0 Å². The fourth-order valence-corrected chi connectivity index (χ4v) is 3.88. The molecule has 4 nitrogen and oxygen atoms in total. The third-order valence-electron chi connectivity index (χ3n) is 5.39. The van der Waals surface area contributed by atoms with E-state index in [9.17, 15) is 9.59 Å². The molecule has 0 heterocycles. The van der Waals surface area contributed by atoms with E-state index >= 15 is 0 Å². The van der Waals surface area contributed by atoms with E-state index in [2.05, 4.69) is 10.6 Å². The highest BCUT2D eigenvalue weighted by Gasteiger charge is 2.29. The summed E-state index contributed by atoms with van der Waals surface area (Å²) in [6.07, 6.45) is 3.79. The van der Waals surface area contributed by atoms with Gasteiger partial charge in [-0.3, -0.25) is 9.59 Å². The monoisotopic (exact) mass is 398 g/mol. The molecule has 3 rings (SSSR count). The van der Waals surface area contributed by atoms with Crippen molar-refractivity contribution in [3.05, 3.63) is 64.7 Å². The second kappa shape index (κ2) is 9.74. The number of hydrogen-bond donors (Lipinski definition) is 2. The topological polar surface area (TPSA) is 58.2 Å². The lowest BCUT2D eigenvalue weighted by Gasteiger charge is -2.27. The molecule has 148 valence electrons. The van der Waals surface area contributed by atoms with Gasteiger partial charge in [0.05, 0.1) is 0 Å². The highest BCUT2D eigenvalue weighted by molar-refractivity contribution is 6.30. The van der Waals surface area contributed by atoms with E-state index in [4.69, 9.17) is 11.6 Å². The third-order valence-corrected chi connectivity index (χ3v) is 5.62. The summed E-state index contributed by atoms with van der Waals surface area (Å²) in [6, 6.07) is 15.5. The first-order valence-electron chi connectivity index (χ1n) is 9.91. The van der Waals surface area contributed by atoms with Gasteiger partial charge in [-0.2, -0.15) is 0 Å². The van der Waals surface area contributed by atoms with E-state index in [0.29, 0.717) is 11.6 Å². The molecule has 0 bridgehead atoms. The van der Waals surface area contributed by atoms with E-state index in [1.54, 1.807) is 0 Å². The summed E-state index contributed by atoms with van der Waals surface area (Å²) in [5.41, 5.74) is 3.11. The Morgan fingerprint density at radius 1 is 0.964 bits per heavy atom. The van der Waals surface area contributed by atoms with Crippen molar-refractivity contribution >= 4 is 29.1 Å². The molecule has 0 spiro atoms. The van der Waals surface area contributed by atoms with Crippen LogP contribution in [0.25, 0.3) is 0 Å². The molecule has 0 saturated heterocycles. The molecule has 28 heavy (non-hydrogen) atoms. The highest BCUT2D eigenvalue weighted by Crippen LogP contribution is 2.30. The number of amides is 2. The van der Waals surface area contributed by atoms with Crippen molar-refractivity contribution in [1.82, 2.24) is 5.32 Å². The minimum absolute atomic E-state index is 0.00258. The van der Waals surface area contributed by atoms with Crippen LogP contribution in [-0.2, 0) is 16.0 Å². The number of aryl methyl sites for hydroxylation is 1. The predicted molar refractivity (Wildman–Crippen MR) is 113 cm³/mol. The van der Waals surface area contributed by atoms with Crippen LogP contribution >= 0.6 is 11.6 Å². The first-order chi connectivity index (χ1) is 13.5. The molecule has 0 aliphatic heterocycles. The van der Waals surface area contributed by atoms with Crippen molar-refractivity contribution in [2.45, 2.75) is 39.0 Å². The maximum atomic E-state index is 12.5. The summed E-state index contributed by atoms with van der Waals surface area (Å²) in [5, 5.41) is 6.73. The van der Waals surface area contributed by atoms with E-state index in [1.165, 1.54) is 5.56 Å². The number of rotatable bonds is 6. The Labute approximate surface area is 171 Å². The van der Waals surface area contributed by atoms with E-state index < -0.39 is 0 Å². The molecule has 0 aromatic heterocycles. The van der Waals surface area contributed by atoms with Crippen LogP contribution in [0.5, 0.6) is 0 Å². The minimum Gasteiger partial charge on any atom is -0.356 e. The van der Waals surface area contributed by atoms with Gasteiger partial charge in [0.2, 0.25) is 11.8 Å². The van der Waals surface area contributed by atoms with Gasteiger partial charge in [0.25, 0.3) is 0 Å². The zero-order chi connectivity index (χ0) is 19.9. The summed E-state index contributed by atoms with van der Waals surface area (Å²) >= 11 is 5.99. The minimum atomic E-state index is -0.0168. The molecule has 2 aromatic rings. The Kier molecular flexibility index (Phi) is 7.10. The predicted octanol–water partition coefficient (Wildman–Crippen LogP) is 4.75. The molecule has 0 unspecified atom stereocenters. The largest absolute Gasteiger partial charge is 0.356 e. The molecule has 5 heteroatoms. The van der Waals surface area contributed by atoms with Gasteiger partial charge in [-0.25, -0.2) is 0 Å². The molecular weight excluding hydrogens is 372 g/mol. The van der Waals surface area contributed by atoms with Crippen LogP contribution in [0.1, 0.15) is 36.8 Å². The summed E-state index contributed by atoms with van der Waals surface area (Å²) in [5.74, 6) is 0.141. The lowest BCUT2D eigenvalue weighted by atomic mass is 9.81. The number of benzene rings is 2. The van der Waals surface area contributed by atoms with Crippen LogP contribution in [0.4, 0.5) is 5.69 Å². The van der Waals surface area contributed by atoms with E-state index in [-0.39, 0.29) is 23.7 Å². The highest BCUT2D eigenvalue weighted by atomic mass is 35.5. The van der Waals surface area contributed by atoms with Crippen LogP contribution in [0.15, 0.2) is 48.5 Å². The number of anilines is 1. The van der Waals surface area contributed by atoms with Gasteiger partial charge in [-0.1, -0.05) is 41.4 Å². The molecular formula is C23H27ClN2O2. The zero-order valence-electron chi connectivity index (χ0n) is 16.2. The normalized spacial score (nSPS) is 19.1. The van der Waals surface area contributed by atoms with Crippen LogP contribution in [-0.4, -0.2) is 18.4 Å². The maximum Gasteiger partial charge on any atom is 0.227 e. The molecule has 2 aromatic carbocycles. The Hall–Kier alpha value is -2.33. The lowest BCUT2D eigenvalue weighted by molar-refractivity contribution is -0.128. The quantitative estimate of drug-likeness (QED) is 0.737. The number of nitrogens with one attached hydrogen (secondary N) is 2. The van der Waals surface area contributed by atoms with Crippen molar-refractivity contribution in [3.8, 4) is 0 Å². The van der Waals surface area contributed by atoms with Crippen LogP contribution < -0.4 is 10.6 Å². The Bertz CT molecular complexity index is 812. The second-order valence-electron chi connectivity index (χ2n) is 7.57. The van der Waals surface area contributed by atoms with Gasteiger partial charge in [0.15, 0.2) is 0 Å². The third kappa shape index (κ3) is 5.83. The summed E-state index contributed by atoms with van der Waals surface area (Å²) in [7, 11) is 0. The van der Waals surface area contributed by atoms with Crippen LogP contribution in [0, 0.1) is 18.8 Å². The zero-order valence-corrected chi connectivity index (χ0v) is 17.0. The molecule has 0 radical (unpaired) electrons. The fraction of sp³-hybridized carbons (Fsp3) is 0.391. The van der Waals surface area contributed by atoms with Crippen molar-refractivity contribution in [3.63, 3.8) is 0 Å². The Morgan fingerprint density at radius 2 is 1.61 bits per heavy atom. The van der Waals surface area contributed by atoms with Gasteiger partial charge in [0.1, 0.15) is 0 Å². The van der Waals surface area contributed by atoms with Crippen LogP contribution in [0.2, 0.25) is 5.02 Å². The Morgan fingerprint density at radius 3 is 2.25 bits per heavy atom. The smallest absolute Gasteiger partial charge is 0.227 e. The average Bonchev–Trinajstić information content (AvgIpc) is 2.70. The van der Waals surface area contributed by atoms with E-state index in [0.717, 1.165) is 43.4 Å². The molecule has 1 fully saturated rings. The molecule has 1 aliphatic carbocycles. The first kappa shape index (κ1) is 20.4. The number of halogens is 1. The van der Waals surface area contributed by atoms with E-state index in [1.807, 2.05) is 55.5 Å². The summed E-state index contributed by atoms with van der Waals surface area (Å²) in [4.78, 5) is 24.9. The number of hydrogen-bond acceptors (Lipinski definition) is 2. The standard InChI is InChI=1S/C23H27ClN2O2/c1-16-5-11-21(12-6-16)26-23(28)19-9-7-18(8-10-19)22(27)25-14-13-17-3-2-4-20(24)15-17/h2-6,11-12,15,18-19H,7-10,13-14H2,1H3,(H,25,27)(H,26,28). The van der Waals surface area contributed by atoms with Crippen molar-refractivity contribution < 1.29 is 9.59 Å². The first-order valence-corrected chi connectivity index (χ1v) is 10.3. The number of carbonyl (C=O) groups is 2. The van der Waals surface area contributed by atoms with Gasteiger partial charge in [-0.15, -0.1) is 0 Å². The van der Waals surface area contributed by atoms with Gasteiger partial charge in [-0.05, 0) is 68.9 Å². The molecule has 2 amide bonds. The SMILES string of the molecule is Cc1ccc(NC(=O)C2CCC(C(=O)NCCc3cccc(Cl)c3)CC2)cc1. The lowest BCUT2D eigenvalue weighted by Crippen LogP contribution is -2.36. The van der Waals surface area contributed by atoms with Crippen molar-refractivity contribution in [1.29, 1.82) is 0 Å². The van der Waals surface area contributed by atoms with Crippen molar-refractivity contribution in [2.75, 3.05) is 11.9 Å². The van der Waals surface area contributed by atoms with Gasteiger partial charge < -0.3 is 10.6 Å². The van der Waals surface area contributed by atoms with Gasteiger partial charge in [0, 0.05) is 29.1 Å². The van der Waals surface area contributed by atoms with Crippen molar-refractivity contribution in [2.24, 2.45) is 11.8 Å². The molecule has 0 atom stereocenters. The van der Waals surface area contributed by atoms with Crippen LogP contribution in [0.3, 0.4) is 0 Å². The average molecular weight is 399 g/mol. The molecule has 1 saturated carbocycles. The second-order valence-corrected chi connectivity index (χ2v) is 8.01. The molecule has 1 aliphatic rings. The Balaban J connectivity index is 1.39. The molecule has 2 N–H and O–H groups in total. The maximum absolute atomic E-state index is 12.5. The fourth-order valence-electron chi connectivity index (χ4n) is 3.67. The summed E-state index contributed by atoms with van der Waals surface area (Å²) < 4.78 is 0.